The molecule has 4 aromatic rings. The topological polar surface area (TPSA) is 138 Å². The van der Waals surface area contributed by atoms with Crippen LogP contribution in [0.2, 0.25) is 10.0 Å². The van der Waals surface area contributed by atoms with Crippen LogP contribution in [0.3, 0.4) is 0 Å². The van der Waals surface area contributed by atoms with Crippen LogP contribution in [0.25, 0.3) is 10.8 Å². The summed E-state index contributed by atoms with van der Waals surface area (Å²) in [4.78, 5) is 12.6. The molecule has 0 aliphatic rings. The summed E-state index contributed by atoms with van der Waals surface area (Å²) in [7, 11) is -3.17. The first-order valence-electron chi connectivity index (χ1n) is 10.6. The van der Waals surface area contributed by atoms with Gasteiger partial charge in [0, 0.05) is 16.5 Å². The van der Waals surface area contributed by atoms with E-state index in [0.29, 0.717) is 16.5 Å². The molecule has 0 heterocycles. The molecule has 4 aromatic carbocycles. The molecule has 0 aliphatic heterocycles. The molecule has 0 bridgehead atoms. The molecule has 37 heavy (non-hydrogen) atoms. The molecule has 0 aliphatic carbocycles. The summed E-state index contributed by atoms with van der Waals surface area (Å²) in [6.07, 6.45) is 0. The van der Waals surface area contributed by atoms with Crippen molar-refractivity contribution in [3.8, 4) is 11.5 Å². The zero-order chi connectivity index (χ0) is 26.9. The van der Waals surface area contributed by atoms with Crippen molar-refractivity contribution in [3.05, 3.63) is 81.8 Å². The Balaban J connectivity index is 1.84. The Bertz CT molecular complexity index is 1690. The summed E-state index contributed by atoms with van der Waals surface area (Å²) in [6, 6.07) is 15.4. The number of nitrogens with zero attached hydrogens (tertiary/aromatic N) is 2. The van der Waals surface area contributed by atoms with Crippen LogP contribution in [0, 0.1) is 6.92 Å². The number of carbonyl (C=O) groups is 1. The Hall–Kier alpha value is -3.70. The lowest BCUT2D eigenvalue weighted by atomic mass is 10.0. The van der Waals surface area contributed by atoms with E-state index in [4.69, 9.17) is 27.9 Å². The minimum absolute atomic E-state index is 0.0928. The molecule has 0 unspecified atom stereocenters. The molecule has 0 spiro atoms. The Kier molecular flexibility index (Phi) is 7.37. The summed E-state index contributed by atoms with van der Waals surface area (Å²) < 4.78 is 38.5. The third-order valence-corrected chi connectivity index (χ3v) is 7.13. The van der Waals surface area contributed by atoms with Gasteiger partial charge in [0.1, 0.15) is 22.0 Å². The van der Waals surface area contributed by atoms with E-state index in [1.54, 1.807) is 36.4 Å². The minimum Gasteiger partial charge on any atom is -0.505 e. The zero-order valence-corrected chi connectivity index (χ0v) is 21.7. The highest BCUT2D eigenvalue weighted by Crippen LogP contribution is 2.41. The van der Waals surface area contributed by atoms with Gasteiger partial charge in [0.2, 0.25) is 0 Å². The first-order chi connectivity index (χ1) is 17.5. The van der Waals surface area contributed by atoms with E-state index in [9.17, 15) is 22.9 Å². The molecule has 9 nitrogen and oxygen atoms in total. The quantitative estimate of drug-likeness (QED) is 0.170. The molecule has 4 rings (SSSR count). The average molecular weight is 560 g/mol. The maximum Gasteiger partial charge on any atom is 0.296 e. The summed E-state index contributed by atoms with van der Waals surface area (Å²) in [5.74, 6) is -0.679. The fourth-order valence-corrected chi connectivity index (χ4v) is 4.64. The number of fused-ring (bicyclic) bond motifs is 1. The Labute approximate surface area is 222 Å². The smallest absolute Gasteiger partial charge is 0.296 e. The van der Waals surface area contributed by atoms with Crippen LogP contribution in [0.1, 0.15) is 15.9 Å². The standard InChI is InChI=1S/C25H19Cl2N3O6S/c1-13-18(26)8-10-21(37(33,34)35)22(13)29-30-23-16-6-4-3-5-14(16)11-17(24(23)31)25(32)28-20-9-7-15(36-2)12-19(20)27/h3-12,31H,1-2H3,(H,28,32)(H,33,34,35). The van der Waals surface area contributed by atoms with Crippen molar-refractivity contribution in [3.63, 3.8) is 0 Å². The lowest BCUT2D eigenvalue weighted by Gasteiger charge is -2.13. The lowest BCUT2D eigenvalue weighted by Crippen LogP contribution is -2.12. The molecular weight excluding hydrogens is 541 g/mol. The molecule has 0 saturated heterocycles. The molecule has 0 saturated carbocycles. The number of hydrogen-bond acceptors (Lipinski definition) is 7. The highest BCUT2D eigenvalue weighted by Gasteiger charge is 2.22. The molecule has 0 atom stereocenters. The number of phenols is 1. The number of carbonyl (C=O) groups excluding carboxylic acids is 1. The maximum atomic E-state index is 13.1. The summed E-state index contributed by atoms with van der Waals surface area (Å²) in [5.41, 5.74) is 0.100. The molecule has 0 aromatic heterocycles. The minimum atomic E-state index is -4.66. The van der Waals surface area contributed by atoms with Crippen LogP contribution in [0.4, 0.5) is 17.1 Å². The second-order valence-electron chi connectivity index (χ2n) is 7.84. The number of rotatable bonds is 6. The van der Waals surface area contributed by atoms with Gasteiger partial charge in [-0.1, -0.05) is 47.5 Å². The van der Waals surface area contributed by atoms with Crippen molar-refractivity contribution in [2.24, 2.45) is 10.2 Å². The number of halogens is 2. The van der Waals surface area contributed by atoms with E-state index >= 15 is 0 Å². The summed E-state index contributed by atoms with van der Waals surface area (Å²) in [6.45, 7) is 1.51. The van der Waals surface area contributed by atoms with Crippen molar-refractivity contribution in [2.45, 2.75) is 11.8 Å². The van der Waals surface area contributed by atoms with E-state index < -0.39 is 26.7 Å². The molecule has 0 radical (unpaired) electrons. The fraction of sp³-hybridized carbons (Fsp3) is 0.0800. The number of azo groups is 1. The van der Waals surface area contributed by atoms with E-state index in [1.165, 1.54) is 32.2 Å². The van der Waals surface area contributed by atoms with Crippen LogP contribution >= 0.6 is 23.2 Å². The predicted molar refractivity (Wildman–Crippen MR) is 142 cm³/mol. The number of amides is 1. The number of benzene rings is 4. The third-order valence-electron chi connectivity index (χ3n) is 5.52. The Morgan fingerprint density at radius 3 is 2.35 bits per heavy atom. The Morgan fingerprint density at radius 1 is 0.973 bits per heavy atom. The predicted octanol–water partition coefficient (Wildman–Crippen LogP) is 7.08. The van der Waals surface area contributed by atoms with Gasteiger partial charge in [-0.05, 0) is 48.2 Å². The lowest BCUT2D eigenvalue weighted by molar-refractivity contribution is 0.102. The van der Waals surface area contributed by atoms with E-state index in [0.717, 1.165) is 6.07 Å². The van der Waals surface area contributed by atoms with Gasteiger partial charge < -0.3 is 15.2 Å². The van der Waals surface area contributed by atoms with Crippen LogP contribution in [-0.2, 0) is 10.1 Å². The zero-order valence-electron chi connectivity index (χ0n) is 19.4. The van der Waals surface area contributed by atoms with Gasteiger partial charge in [-0.15, -0.1) is 10.2 Å². The largest absolute Gasteiger partial charge is 0.505 e. The molecule has 190 valence electrons. The van der Waals surface area contributed by atoms with Gasteiger partial charge in [-0.25, -0.2) is 0 Å². The van der Waals surface area contributed by atoms with Crippen LogP contribution in [-0.4, -0.2) is 31.1 Å². The SMILES string of the molecule is COc1ccc(NC(=O)c2cc3ccccc3c(N=Nc3c(S(=O)(=O)O)ccc(Cl)c3C)c2O)c(Cl)c1. The number of methoxy groups -OCH3 is 1. The normalized spacial score (nSPS) is 11.7. The number of nitrogens with one attached hydrogen (secondary N) is 1. The number of hydrogen-bond donors (Lipinski definition) is 3. The van der Waals surface area contributed by atoms with Gasteiger partial charge in [-0.3, -0.25) is 9.35 Å². The van der Waals surface area contributed by atoms with E-state index in [-0.39, 0.29) is 38.2 Å². The number of ether oxygens (including phenoxy) is 1. The van der Waals surface area contributed by atoms with Crippen molar-refractivity contribution in [1.29, 1.82) is 0 Å². The fourth-order valence-electron chi connectivity index (χ4n) is 3.59. The molecule has 0 fully saturated rings. The van der Waals surface area contributed by atoms with Crippen LogP contribution < -0.4 is 10.1 Å². The number of anilines is 1. The second-order valence-corrected chi connectivity index (χ2v) is 10.0. The Morgan fingerprint density at radius 2 is 1.68 bits per heavy atom. The molecular formula is C25H19Cl2N3O6S. The van der Waals surface area contributed by atoms with Gasteiger partial charge in [0.25, 0.3) is 16.0 Å². The van der Waals surface area contributed by atoms with Crippen molar-refractivity contribution in [1.82, 2.24) is 0 Å². The van der Waals surface area contributed by atoms with Crippen LogP contribution in [0.15, 0.2) is 75.8 Å². The molecule has 1 amide bonds. The summed E-state index contributed by atoms with van der Waals surface area (Å²) in [5, 5.41) is 23.2. The third kappa shape index (κ3) is 5.37. The summed E-state index contributed by atoms with van der Waals surface area (Å²) >= 11 is 12.4. The van der Waals surface area contributed by atoms with Gasteiger partial charge in [-0.2, -0.15) is 8.42 Å². The number of phenolic OH excluding ortho intramolecular Hbond substituents is 1. The van der Waals surface area contributed by atoms with Gasteiger partial charge in [0.05, 0.1) is 23.4 Å². The maximum absolute atomic E-state index is 13.1. The van der Waals surface area contributed by atoms with Gasteiger partial charge in [0.15, 0.2) is 5.75 Å². The molecule has 3 N–H and O–H groups in total. The van der Waals surface area contributed by atoms with E-state index in [2.05, 4.69) is 15.5 Å². The first-order valence-corrected chi connectivity index (χ1v) is 12.8. The van der Waals surface area contributed by atoms with Crippen molar-refractivity contribution >= 4 is 67.1 Å². The van der Waals surface area contributed by atoms with Gasteiger partial charge >= 0.3 is 0 Å². The average Bonchev–Trinajstić information content (AvgIpc) is 2.85. The first kappa shape index (κ1) is 26.4. The van der Waals surface area contributed by atoms with Crippen molar-refractivity contribution in [2.75, 3.05) is 12.4 Å². The number of aromatic hydroxyl groups is 1. The second kappa shape index (κ2) is 10.3. The van der Waals surface area contributed by atoms with Crippen LogP contribution in [0.5, 0.6) is 11.5 Å². The monoisotopic (exact) mass is 559 g/mol. The van der Waals surface area contributed by atoms with E-state index in [1.807, 2.05) is 0 Å². The van der Waals surface area contributed by atoms with Crippen molar-refractivity contribution < 1.29 is 27.6 Å². The highest BCUT2D eigenvalue weighted by molar-refractivity contribution is 7.86. The molecule has 12 heteroatoms. The highest BCUT2D eigenvalue weighted by atomic mass is 35.5.